The molecule has 1 atom stereocenters. The summed E-state index contributed by atoms with van der Waals surface area (Å²) in [5.74, 6) is 1.01. The van der Waals surface area contributed by atoms with E-state index in [-0.39, 0.29) is 0 Å². The highest BCUT2D eigenvalue weighted by atomic mass is 32.1. The van der Waals surface area contributed by atoms with Gasteiger partial charge in [0.05, 0.1) is 5.01 Å². The van der Waals surface area contributed by atoms with E-state index in [1.807, 2.05) is 11.6 Å². The van der Waals surface area contributed by atoms with Crippen molar-refractivity contribution in [2.75, 3.05) is 6.54 Å². The molecular weight excluding hydrogens is 204 g/mol. The Bertz CT molecular complexity index is 267. The smallest absolute Gasteiger partial charge is 0.0937 e. The second-order valence-corrected chi connectivity index (χ2v) is 5.54. The first-order valence-corrected chi connectivity index (χ1v) is 6.84. The summed E-state index contributed by atoms with van der Waals surface area (Å²) >= 11 is 1.75. The maximum atomic E-state index is 4.28. The summed E-state index contributed by atoms with van der Waals surface area (Å²) in [6.45, 7) is 3.38. The van der Waals surface area contributed by atoms with Crippen molar-refractivity contribution in [3.8, 4) is 0 Å². The van der Waals surface area contributed by atoms with Gasteiger partial charge in [-0.3, -0.25) is 0 Å². The second-order valence-electron chi connectivity index (χ2n) is 4.56. The van der Waals surface area contributed by atoms with E-state index in [0.29, 0.717) is 6.04 Å². The zero-order valence-electron chi connectivity index (χ0n) is 9.41. The number of hydrogen-bond donors (Lipinski definition) is 1. The predicted molar refractivity (Wildman–Crippen MR) is 65.2 cm³/mol. The lowest BCUT2D eigenvalue weighted by Gasteiger charge is -2.28. The lowest BCUT2D eigenvalue weighted by Crippen LogP contribution is -2.31. The lowest BCUT2D eigenvalue weighted by atomic mass is 9.81. The van der Waals surface area contributed by atoms with Crippen LogP contribution in [-0.4, -0.2) is 17.6 Å². The standard InChI is InChI=1S/C12H20N2S/c1-10(9-11-3-2-4-11)13-6-5-12-14-7-8-15-12/h7-8,10-11,13H,2-6,9H2,1H3. The number of hydrogen-bond acceptors (Lipinski definition) is 3. The highest BCUT2D eigenvalue weighted by molar-refractivity contribution is 7.09. The van der Waals surface area contributed by atoms with Crippen LogP contribution in [0.25, 0.3) is 0 Å². The Morgan fingerprint density at radius 2 is 2.47 bits per heavy atom. The zero-order chi connectivity index (χ0) is 10.5. The van der Waals surface area contributed by atoms with Crippen molar-refractivity contribution in [1.29, 1.82) is 0 Å². The van der Waals surface area contributed by atoms with Gasteiger partial charge >= 0.3 is 0 Å². The molecule has 84 valence electrons. The van der Waals surface area contributed by atoms with Gasteiger partial charge in [-0.2, -0.15) is 0 Å². The van der Waals surface area contributed by atoms with E-state index in [4.69, 9.17) is 0 Å². The van der Waals surface area contributed by atoms with Crippen molar-refractivity contribution in [3.05, 3.63) is 16.6 Å². The number of rotatable bonds is 6. The van der Waals surface area contributed by atoms with Gasteiger partial charge in [-0.05, 0) is 19.3 Å². The summed E-state index contributed by atoms with van der Waals surface area (Å²) in [6.07, 6.45) is 8.69. The fourth-order valence-corrected chi connectivity index (χ4v) is 2.73. The normalized spacial score (nSPS) is 18.7. The van der Waals surface area contributed by atoms with Crippen LogP contribution >= 0.6 is 11.3 Å². The van der Waals surface area contributed by atoms with Crippen molar-refractivity contribution >= 4 is 11.3 Å². The zero-order valence-corrected chi connectivity index (χ0v) is 10.2. The van der Waals surface area contributed by atoms with Crippen LogP contribution in [0.3, 0.4) is 0 Å². The molecular formula is C12H20N2S. The molecule has 1 aromatic heterocycles. The molecule has 0 saturated heterocycles. The molecule has 0 amide bonds. The van der Waals surface area contributed by atoms with E-state index in [9.17, 15) is 0 Å². The van der Waals surface area contributed by atoms with E-state index in [1.54, 1.807) is 11.3 Å². The fourth-order valence-electron chi connectivity index (χ4n) is 2.11. The van der Waals surface area contributed by atoms with E-state index in [1.165, 1.54) is 30.7 Å². The van der Waals surface area contributed by atoms with Crippen LogP contribution in [0.5, 0.6) is 0 Å². The summed E-state index contributed by atoms with van der Waals surface area (Å²) in [4.78, 5) is 4.28. The van der Waals surface area contributed by atoms with E-state index in [0.717, 1.165) is 18.9 Å². The van der Waals surface area contributed by atoms with Crippen LogP contribution in [0.2, 0.25) is 0 Å². The molecule has 1 aliphatic rings. The molecule has 2 nitrogen and oxygen atoms in total. The van der Waals surface area contributed by atoms with Crippen LogP contribution in [0, 0.1) is 5.92 Å². The molecule has 0 spiro atoms. The predicted octanol–water partition coefficient (Wildman–Crippen LogP) is 2.85. The van der Waals surface area contributed by atoms with Crippen molar-refractivity contribution in [2.24, 2.45) is 5.92 Å². The summed E-state index contributed by atoms with van der Waals surface area (Å²) in [5.41, 5.74) is 0. The monoisotopic (exact) mass is 224 g/mol. The largest absolute Gasteiger partial charge is 0.314 e. The third-order valence-corrected chi connectivity index (χ3v) is 4.07. The summed E-state index contributed by atoms with van der Waals surface area (Å²) in [6, 6.07) is 0.676. The Hall–Kier alpha value is -0.410. The Morgan fingerprint density at radius 3 is 3.07 bits per heavy atom. The lowest BCUT2D eigenvalue weighted by molar-refractivity contribution is 0.266. The Balaban J connectivity index is 1.56. The van der Waals surface area contributed by atoms with Crippen molar-refractivity contribution in [1.82, 2.24) is 10.3 Å². The summed E-state index contributed by atoms with van der Waals surface area (Å²) in [7, 11) is 0. The van der Waals surface area contributed by atoms with Gasteiger partial charge in [0.25, 0.3) is 0 Å². The van der Waals surface area contributed by atoms with Crippen LogP contribution in [-0.2, 0) is 6.42 Å². The Kier molecular flexibility index (Phi) is 4.15. The molecule has 0 radical (unpaired) electrons. The molecule has 1 aromatic rings. The Morgan fingerprint density at radius 1 is 1.60 bits per heavy atom. The van der Waals surface area contributed by atoms with E-state index in [2.05, 4.69) is 17.2 Å². The maximum Gasteiger partial charge on any atom is 0.0937 e. The maximum absolute atomic E-state index is 4.28. The topological polar surface area (TPSA) is 24.9 Å². The first-order valence-electron chi connectivity index (χ1n) is 5.96. The fraction of sp³-hybridized carbons (Fsp3) is 0.750. The van der Waals surface area contributed by atoms with Gasteiger partial charge in [0, 0.05) is 30.6 Å². The first kappa shape index (κ1) is 11.1. The van der Waals surface area contributed by atoms with Crippen LogP contribution in [0.15, 0.2) is 11.6 Å². The van der Waals surface area contributed by atoms with Gasteiger partial charge in [0.2, 0.25) is 0 Å². The number of nitrogens with zero attached hydrogens (tertiary/aromatic N) is 1. The number of thiazole rings is 1. The van der Waals surface area contributed by atoms with Crippen molar-refractivity contribution < 1.29 is 0 Å². The molecule has 2 rings (SSSR count). The van der Waals surface area contributed by atoms with Crippen LogP contribution in [0.1, 0.15) is 37.6 Å². The van der Waals surface area contributed by atoms with Crippen LogP contribution < -0.4 is 5.32 Å². The molecule has 15 heavy (non-hydrogen) atoms. The average Bonchev–Trinajstić information content (AvgIpc) is 2.64. The van der Waals surface area contributed by atoms with Gasteiger partial charge in [0.1, 0.15) is 0 Å². The van der Waals surface area contributed by atoms with E-state index < -0.39 is 0 Å². The SMILES string of the molecule is CC(CC1CCC1)NCCc1nccs1. The van der Waals surface area contributed by atoms with Gasteiger partial charge in [-0.15, -0.1) is 11.3 Å². The second kappa shape index (κ2) is 5.61. The third-order valence-electron chi connectivity index (χ3n) is 3.23. The molecule has 1 unspecified atom stereocenters. The minimum Gasteiger partial charge on any atom is -0.314 e. The molecule has 0 bridgehead atoms. The first-order chi connectivity index (χ1) is 7.34. The van der Waals surface area contributed by atoms with E-state index >= 15 is 0 Å². The van der Waals surface area contributed by atoms with Crippen LogP contribution in [0.4, 0.5) is 0 Å². The van der Waals surface area contributed by atoms with Gasteiger partial charge < -0.3 is 5.32 Å². The van der Waals surface area contributed by atoms with Gasteiger partial charge in [0.15, 0.2) is 0 Å². The molecule has 3 heteroatoms. The van der Waals surface area contributed by atoms with Gasteiger partial charge in [-0.25, -0.2) is 4.98 Å². The molecule has 1 fully saturated rings. The molecule has 1 aliphatic carbocycles. The molecule has 1 saturated carbocycles. The number of aromatic nitrogens is 1. The third kappa shape index (κ3) is 3.58. The quantitative estimate of drug-likeness (QED) is 0.803. The molecule has 0 aromatic carbocycles. The minimum atomic E-state index is 0.676. The molecule has 1 N–H and O–H groups in total. The average molecular weight is 224 g/mol. The highest BCUT2D eigenvalue weighted by Crippen LogP contribution is 2.30. The van der Waals surface area contributed by atoms with Crippen molar-refractivity contribution in [2.45, 2.75) is 45.1 Å². The molecule has 1 heterocycles. The minimum absolute atomic E-state index is 0.676. The summed E-state index contributed by atoms with van der Waals surface area (Å²) in [5, 5.41) is 6.88. The van der Waals surface area contributed by atoms with Gasteiger partial charge in [-0.1, -0.05) is 19.3 Å². The molecule has 0 aliphatic heterocycles. The highest BCUT2D eigenvalue weighted by Gasteiger charge is 2.19. The van der Waals surface area contributed by atoms with Crippen molar-refractivity contribution in [3.63, 3.8) is 0 Å². The summed E-state index contributed by atoms with van der Waals surface area (Å²) < 4.78 is 0. The Labute approximate surface area is 96.1 Å². The number of nitrogens with one attached hydrogen (secondary N) is 1.